The average molecular weight is 437 g/mol. The van der Waals surface area contributed by atoms with Gasteiger partial charge in [0, 0.05) is 11.8 Å². The first-order valence-electron chi connectivity index (χ1n) is 12.4. The fourth-order valence-corrected chi connectivity index (χ4v) is 8.48. The predicted octanol–water partition coefficient (Wildman–Crippen LogP) is 7.48. The molecule has 2 fully saturated rings. The van der Waals surface area contributed by atoms with Crippen molar-refractivity contribution in [3.05, 3.63) is 125 Å². The van der Waals surface area contributed by atoms with Crippen LogP contribution in [0.3, 0.4) is 0 Å². The number of hydrazine groups is 1. The van der Waals surface area contributed by atoms with E-state index in [4.69, 9.17) is 0 Å². The lowest BCUT2D eigenvalue weighted by Crippen LogP contribution is -2.46. The largest absolute Gasteiger partial charge is 0.297 e. The summed E-state index contributed by atoms with van der Waals surface area (Å²) in [6, 6.07) is 39.6. The minimum absolute atomic E-state index is 0.0582. The summed E-state index contributed by atoms with van der Waals surface area (Å²) in [5.41, 5.74) is 7.32. The summed E-state index contributed by atoms with van der Waals surface area (Å²) in [5, 5.41) is 11.2. The van der Waals surface area contributed by atoms with E-state index >= 15 is 0 Å². The van der Waals surface area contributed by atoms with Gasteiger partial charge in [0.1, 0.15) is 0 Å². The van der Waals surface area contributed by atoms with Gasteiger partial charge in [0.2, 0.25) is 0 Å². The molecule has 0 aromatic heterocycles. The summed E-state index contributed by atoms with van der Waals surface area (Å²) < 4.78 is 0. The minimum atomic E-state index is -0.0582. The summed E-state index contributed by atoms with van der Waals surface area (Å²) >= 11 is 0. The van der Waals surface area contributed by atoms with Crippen LogP contribution in [0.5, 0.6) is 0 Å². The maximum absolute atomic E-state index is 2.79. The van der Waals surface area contributed by atoms with E-state index in [1.807, 2.05) is 0 Å². The van der Waals surface area contributed by atoms with E-state index in [-0.39, 0.29) is 5.54 Å². The molecule has 5 aromatic carbocycles. The van der Waals surface area contributed by atoms with Crippen LogP contribution in [-0.2, 0) is 0 Å². The molecule has 2 nitrogen and oxygen atoms in total. The van der Waals surface area contributed by atoms with Crippen molar-refractivity contribution in [2.24, 2.45) is 0 Å². The summed E-state index contributed by atoms with van der Waals surface area (Å²) in [5.74, 6) is 0.860. The zero-order chi connectivity index (χ0) is 22.2. The Kier molecular flexibility index (Phi) is 2.99. The van der Waals surface area contributed by atoms with Crippen LogP contribution in [0, 0.1) is 0 Å². The molecule has 2 unspecified atom stereocenters. The summed E-state index contributed by atoms with van der Waals surface area (Å²) in [7, 11) is 0. The fourth-order valence-electron chi connectivity index (χ4n) is 8.48. The van der Waals surface area contributed by atoms with E-state index in [0.29, 0.717) is 23.9 Å². The van der Waals surface area contributed by atoms with Gasteiger partial charge < -0.3 is 0 Å². The van der Waals surface area contributed by atoms with Crippen LogP contribution < -0.4 is 5.01 Å². The molecule has 2 saturated heterocycles. The van der Waals surface area contributed by atoms with Crippen LogP contribution in [0.2, 0.25) is 0 Å². The number of piperidine rings is 1. The SMILES string of the molecule is CC12[C@@H]3c4cccc5cccc(c45)[C@H]3N([C@@H]3c4cccc5cccc(c45)[C@@H]31)N2c1ccccc1. The lowest BCUT2D eigenvalue weighted by Gasteiger charge is -2.41. The van der Waals surface area contributed by atoms with Gasteiger partial charge in [0.25, 0.3) is 0 Å². The van der Waals surface area contributed by atoms with Gasteiger partial charge in [-0.1, -0.05) is 91.0 Å². The molecular formula is C32H24N2. The second kappa shape index (κ2) is 5.71. The number of fused-ring (bicyclic) bond motifs is 12. The fraction of sp³-hybridized carbons (Fsp3) is 0.188. The molecule has 2 bridgehead atoms. The molecule has 2 aliphatic carbocycles. The van der Waals surface area contributed by atoms with Gasteiger partial charge in [-0.15, -0.1) is 0 Å². The molecule has 9 rings (SSSR count). The Bertz CT molecular complexity index is 1560. The molecule has 162 valence electrons. The molecule has 0 N–H and O–H groups in total. The molecule has 0 radical (unpaired) electrons. The summed E-state index contributed by atoms with van der Waals surface area (Å²) in [6.45, 7) is 2.55. The smallest absolute Gasteiger partial charge is 0.0713 e. The summed E-state index contributed by atoms with van der Waals surface area (Å²) in [6.07, 6.45) is 0. The molecule has 4 aliphatic rings. The number of nitrogens with zero attached hydrogens (tertiary/aromatic N) is 2. The second-order valence-corrected chi connectivity index (χ2v) is 10.7. The third-order valence-electron chi connectivity index (χ3n) is 9.39. The van der Waals surface area contributed by atoms with Crippen molar-refractivity contribution in [2.45, 2.75) is 36.4 Å². The number of para-hydroxylation sites is 1. The van der Waals surface area contributed by atoms with Crippen molar-refractivity contribution < 1.29 is 0 Å². The minimum Gasteiger partial charge on any atom is -0.297 e. The van der Waals surface area contributed by atoms with Crippen LogP contribution in [0.15, 0.2) is 103 Å². The van der Waals surface area contributed by atoms with E-state index in [0.717, 1.165) is 0 Å². The molecule has 0 spiro atoms. The highest BCUT2D eigenvalue weighted by Gasteiger charge is 2.72. The predicted molar refractivity (Wildman–Crippen MR) is 138 cm³/mol. The normalized spacial score (nSPS) is 31.4. The molecule has 6 atom stereocenters. The summed E-state index contributed by atoms with van der Waals surface area (Å²) in [4.78, 5) is 0. The van der Waals surface area contributed by atoms with E-state index in [1.165, 1.54) is 49.5 Å². The number of hydrogen-bond donors (Lipinski definition) is 0. The highest BCUT2D eigenvalue weighted by molar-refractivity contribution is 5.96. The standard InChI is InChI=1S/C32H24N2/c1-32-28-22-15-5-9-19-11-7-17-24(26(19)22)30(28)33(34(32)21-13-3-2-4-14-21)31-25-18-8-12-20-10-6-16-23(27(20)25)29(31)32/h2-18,28-31H,1H3/t28-,29+,30-,31-,32?/m1/s1. The lowest BCUT2D eigenvalue weighted by atomic mass is 9.66. The van der Waals surface area contributed by atoms with Crippen molar-refractivity contribution in [3.63, 3.8) is 0 Å². The topological polar surface area (TPSA) is 6.48 Å². The van der Waals surface area contributed by atoms with Gasteiger partial charge in [-0.2, -0.15) is 0 Å². The molecular weight excluding hydrogens is 412 g/mol. The highest BCUT2D eigenvalue weighted by atomic mass is 15.7. The monoisotopic (exact) mass is 436 g/mol. The van der Waals surface area contributed by atoms with Gasteiger partial charge in [-0.3, -0.25) is 5.01 Å². The van der Waals surface area contributed by atoms with Crippen LogP contribution >= 0.6 is 0 Å². The Morgan fingerprint density at radius 3 is 1.50 bits per heavy atom. The Morgan fingerprint density at radius 2 is 1.00 bits per heavy atom. The van der Waals surface area contributed by atoms with Crippen molar-refractivity contribution in [1.82, 2.24) is 5.01 Å². The van der Waals surface area contributed by atoms with Gasteiger partial charge in [0.05, 0.1) is 23.3 Å². The van der Waals surface area contributed by atoms with Crippen LogP contribution in [0.25, 0.3) is 21.5 Å². The van der Waals surface area contributed by atoms with E-state index in [1.54, 1.807) is 0 Å². The van der Waals surface area contributed by atoms with Gasteiger partial charge in [-0.25, -0.2) is 5.01 Å². The molecule has 0 saturated carbocycles. The van der Waals surface area contributed by atoms with Crippen LogP contribution in [0.4, 0.5) is 5.69 Å². The molecule has 0 amide bonds. The maximum atomic E-state index is 2.79. The van der Waals surface area contributed by atoms with Crippen molar-refractivity contribution in [2.75, 3.05) is 5.01 Å². The van der Waals surface area contributed by atoms with Crippen molar-refractivity contribution in [3.8, 4) is 0 Å². The van der Waals surface area contributed by atoms with Crippen molar-refractivity contribution in [1.29, 1.82) is 0 Å². The Hall–Kier alpha value is -3.62. The second-order valence-electron chi connectivity index (χ2n) is 10.7. The quantitative estimate of drug-likeness (QED) is 0.269. The first-order valence-corrected chi connectivity index (χ1v) is 12.4. The van der Waals surface area contributed by atoms with Gasteiger partial charge in [-0.05, 0) is 62.9 Å². The molecule has 2 heteroatoms. The first-order chi connectivity index (χ1) is 16.8. The highest BCUT2D eigenvalue weighted by Crippen LogP contribution is 2.75. The number of benzene rings is 5. The molecule has 2 aliphatic heterocycles. The van der Waals surface area contributed by atoms with Crippen molar-refractivity contribution >= 4 is 27.2 Å². The van der Waals surface area contributed by atoms with Crippen LogP contribution in [-0.4, -0.2) is 10.5 Å². The van der Waals surface area contributed by atoms with Gasteiger partial charge >= 0.3 is 0 Å². The Morgan fingerprint density at radius 1 is 0.529 bits per heavy atom. The zero-order valence-electron chi connectivity index (χ0n) is 19.0. The number of rotatable bonds is 1. The molecule has 2 heterocycles. The van der Waals surface area contributed by atoms with E-state index in [9.17, 15) is 0 Å². The van der Waals surface area contributed by atoms with Crippen LogP contribution in [0.1, 0.15) is 53.1 Å². The maximum Gasteiger partial charge on any atom is 0.0713 e. The zero-order valence-corrected chi connectivity index (χ0v) is 19.0. The third-order valence-corrected chi connectivity index (χ3v) is 9.39. The Labute approximate surface area is 199 Å². The third kappa shape index (κ3) is 1.75. The number of anilines is 1. The lowest BCUT2D eigenvalue weighted by molar-refractivity contribution is 0.151. The Balaban J connectivity index is 1.40. The molecule has 34 heavy (non-hydrogen) atoms. The average Bonchev–Trinajstić information content (AvgIpc) is 3.56. The first kappa shape index (κ1) is 17.8. The van der Waals surface area contributed by atoms with E-state index in [2.05, 4.69) is 120 Å². The number of hydrogen-bond acceptors (Lipinski definition) is 2. The molecule has 5 aromatic rings. The van der Waals surface area contributed by atoms with E-state index < -0.39 is 0 Å². The van der Waals surface area contributed by atoms with Gasteiger partial charge in [0.15, 0.2) is 0 Å².